The molecular weight excluding hydrogens is 224 g/mol. The number of nitrogens with zero attached hydrogens (tertiary/aromatic N) is 2. The lowest BCUT2D eigenvalue weighted by atomic mass is 10.2. The van der Waals surface area contributed by atoms with Crippen LogP contribution in [0.4, 0.5) is 17.1 Å². The van der Waals surface area contributed by atoms with Crippen LogP contribution in [-0.4, -0.2) is 29.7 Å². The zero-order chi connectivity index (χ0) is 12.8. The van der Waals surface area contributed by atoms with Crippen molar-refractivity contribution >= 4 is 17.1 Å². The normalized spacial score (nSPS) is 10.1. The zero-order valence-corrected chi connectivity index (χ0v) is 9.59. The summed E-state index contributed by atoms with van der Waals surface area (Å²) >= 11 is 0. The Bertz CT molecular complexity index is 397. The minimum absolute atomic E-state index is 0.0642. The number of anilines is 2. The van der Waals surface area contributed by atoms with Gasteiger partial charge in [-0.1, -0.05) is 6.07 Å². The average Bonchev–Trinajstić information content (AvgIpc) is 2.34. The van der Waals surface area contributed by atoms with Gasteiger partial charge in [-0.25, -0.2) is 0 Å². The Morgan fingerprint density at radius 3 is 2.76 bits per heavy atom. The minimum Gasteiger partial charge on any atom is -0.395 e. The Kier molecular flexibility index (Phi) is 4.68. The van der Waals surface area contributed by atoms with Gasteiger partial charge >= 0.3 is 5.69 Å². The Morgan fingerprint density at radius 2 is 2.29 bits per heavy atom. The van der Waals surface area contributed by atoms with Crippen molar-refractivity contribution in [3.8, 4) is 0 Å². The number of hydrazine groups is 1. The van der Waals surface area contributed by atoms with Crippen LogP contribution in [-0.2, 0) is 0 Å². The van der Waals surface area contributed by atoms with Gasteiger partial charge in [0.15, 0.2) is 0 Å². The topological polar surface area (TPSA) is 105 Å². The predicted octanol–water partition coefficient (Wildman–Crippen LogP) is 0.699. The third-order valence-electron chi connectivity index (χ3n) is 2.45. The van der Waals surface area contributed by atoms with Gasteiger partial charge in [0.25, 0.3) is 0 Å². The Hall–Kier alpha value is -1.86. The molecule has 1 rings (SSSR count). The van der Waals surface area contributed by atoms with Crippen molar-refractivity contribution < 1.29 is 10.0 Å². The summed E-state index contributed by atoms with van der Waals surface area (Å²) < 4.78 is 0. The molecule has 94 valence electrons. The van der Waals surface area contributed by atoms with Crippen molar-refractivity contribution in [1.29, 1.82) is 0 Å². The molecule has 1 aromatic carbocycles. The van der Waals surface area contributed by atoms with Gasteiger partial charge < -0.3 is 15.4 Å². The molecule has 0 heterocycles. The summed E-state index contributed by atoms with van der Waals surface area (Å²) in [4.78, 5) is 12.3. The number of hydrogen-bond acceptors (Lipinski definition) is 6. The van der Waals surface area contributed by atoms with Gasteiger partial charge in [-0.15, -0.1) is 0 Å². The molecule has 0 saturated heterocycles. The molecule has 17 heavy (non-hydrogen) atoms. The quantitative estimate of drug-likeness (QED) is 0.384. The fraction of sp³-hybridized carbons (Fsp3) is 0.400. The predicted molar refractivity (Wildman–Crippen MR) is 65.9 cm³/mol. The molecule has 4 N–H and O–H groups in total. The third kappa shape index (κ3) is 2.83. The highest BCUT2D eigenvalue weighted by atomic mass is 16.6. The van der Waals surface area contributed by atoms with Crippen molar-refractivity contribution in [2.75, 3.05) is 30.0 Å². The number of nitrogens with two attached hydrogens (primary N) is 1. The standard InChI is InChI=1S/C10H16N4O3/c1-2-13(6-7-15)9-5-3-4-8(12-11)10(9)14(16)17/h3-5,12,15H,2,6-7,11H2,1H3. The maximum atomic E-state index is 11.0. The van der Waals surface area contributed by atoms with Crippen LogP contribution in [0.1, 0.15) is 6.92 Å². The lowest BCUT2D eigenvalue weighted by molar-refractivity contribution is -0.383. The Balaban J connectivity index is 3.25. The van der Waals surface area contributed by atoms with E-state index in [1.807, 2.05) is 6.92 Å². The summed E-state index contributed by atoms with van der Waals surface area (Å²) in [6, 6.07) is 4.85. The number of hydrogen-bond donors (Lipinski definition) is 3. The maximum Gasteiger partial charge on any atom is 0.316 e. The largest absolute Gasteiger partial charge is 0.395 e. The summed E-state index contributed by atoms with van der Waals surface area (Å²) in [5.41, 5.74) is 2.93. The lowest BCUT2D eigenvalue weighted by Crippen LogP contribution is -2.27. The summed E-state index contributed by atoms with van der Waals surface area (Å²) in [7, 11) is 0. The number of benzene rings is 1. The molecule has 0 atom stereocenters. The van der Waals surface area contributed by atoms with E-state index in [-0.39, 0.29) is 18.0 Å². The summed E-state index contributed by atoms with van der Waals surface area (Å²) in [5.74, 6) is 5.25. The van der Waals surface area contributed by atoms with Crippen LogP contribution < -0.4 is 16.2 Å². The molecular formula is C10H16N4O3. The van der Waals surface area contributed by atoms with Gasteiger partial charge in [0.2, 0.25) is 0 Å². The first kappa shape index (κ1) is 13.2. The van der Waals surface area contributed by atoms with Gasteiger partial charge in [-0.05, 0) is 19.1 Å². The van der Waals surface area contributed by atoms with Gasteiger partial charge in [0, 0.05) is 13.1 Å². The number of nitrogens with one attached hydrogen (secondary N) is 1. The first-order valence-corrected chi connectivity index (χ1v) is 5.25. The number of rotatable bonds is 6. The average molecular weight is 240 g/mol. The molecule has 0 bridgehead atoms. The first-order valence-electron chi connectivity index (χ1n) is 5.25. The second-order valence-electron chi connectivity index (χ2n) is 3.38. The Morgan fingerprint density at radius 1 is 1.59 bits per heavy atom. The van der Waals surface area contributed by atoms with Crippen molar-refractivity contribution in [2.45, 2.75) is 6.92 Å². The lowest BCUT2D eigenvalue weighted by Gasteiger charge is -2.22. The fourth-order valence-electron chi connectivity index (χ4n) is 1.66. The maximum absolute atomic E-state index is 11.0. The molecule has 0 radical (unpaired) electrons. The number of nitro groups is 1. The summed E-state index contributed by atoms with van der Waals surface area (Å²) in [6.45, 7) is 2.70. The van der Waals surface area contributed by atoms with E-state index in [1.165, 1.54) is 6.07 Å². The smallest absolute Gasteiger partial charge is 0.316 e. The van der Waals surface area contributed by atoms with E-state index in [4.69, 9.17) is 10.9 Å². The molecule has 0 saturated carbocycles. The van der Waals surface area contributed by atoms with Crippen molar-refractivity contribution in [1.82, 2.24) is 0 Å². The second-order valence-corrected chi connectivity index (χ2v) is 3.38. The van der Waals surface area contributed by atoms with Gasteiger partial charge in [-0.2, -0.15) is 0 Å². The fourth-order valence-corrected chi connectivity index (χ4v) is 1.66. The monoisotopic (exact) mass is 240 g/mol. The van der Waals surface area contributed by atoms with Crippen LogP contribution in [0.3, 0.4) is 0 Å². The van der Waals surface area contributed by atoms with Crippen LogP contribution in [0.25, 0.3) is 0 Å². The number of likely N-dealkylation sites (N-methyl/N-ethyl adjacent to an activating group) is 1. The number of nitro benzene ring substituents is 1. The Labute approximate surface area is 99.0 Å². The highest BCUT2D eigenvalue weighted by Crippen LogP contribution is 2.34. The molecule has 7 nitrogen and oxygen atoms in total. The van der Waals surface area contributed by atoms with E-state index in [0.717, 1.165) is 0 Å². The molecule has 0 aliphatic heterocycles. The van der Waals surface area contributed by atoms with E-state index in [0.29, 0.717) is 18.8 Å². The van der Waals surface area contributed by atoms with Gasteiger partial charge in [-0.3, -0.25) is 16.0 Å². The molecule has 0 spiro atoms. The molecule has 0 aromatic heterocycles. The van der Waals surface area contributed by atoms with Crippen LogP contribution in [0.2, 0.25) is 0 Å². The van der Waals surface area contributed by atoms with Crippen molar-refractivity contribution in [3.05, 3.63) is 28.3 Å². The highest BCUT2D eigenvalue weighted by molar-refractivity contribution is 5.76. The van der Waals surface area contributed by atoms with E-state index >= 15 is 0 Å². The molecule has 0 aliphatic rings. The second kappa shape index (κ2) is 6.02. The molecule has 0 unspecified atom stereocenters. The SMILES string of the molecule is CCN(CCO)c1cccc(NN)c1[N+](=O)[O-]. The summed E-state index contributed by atoms with van der Waals surface area (Å²) in [6.07, 6.45) is 0. The first-order chi connectivity index (χ1) is 8.15. The van der Waals surface area contributed by atoms with E-state index < -0.39 is 4.92 Å². The number of aliphatic hydroxyl groups is 1. The third-order valence-corrected chi connectivity index (χ3v) is 2.45. The number of nitrogen functional groups attached to an aromatic ring is 1. The molecule has 0 amide bonds. The van der Waals surface area contributed by atoms with E-state index in [2.05, 4.69) is 5.43 Å². The molecule has 7 heteroatoms. The van der Waals surface area contributed by atoms with E-state index in [1.54, 1.807) is 17.0 Å². The van der Waals surface area contributed by atoms with Crippen molar-refractivity contribution in [2.24, 2.45) is 5.84 Å². The van der Waals surface area contributed by atoms with Crippen molar-refractivity contribution in [3.63, 3.8) is 0 Å². The summed E-state index contributed by atoms with van der Waals surface area (Å²) in [5, 5.41) is 20.0. The van der Waals surface area contributed by atoms with Crippen LogP contribution in [0.15, 0.2) is 18.2 Å². The van der Waals surface area contributed by atoms with Crippen LogP contribution in [0, 0.1) is 10.1 Å². The van der Waals surface area contributed by atoms with Gasteiger partial charge in [0.1, 0.15) is 11.4 Å². The highest BCUT2D eigenvalue weighted by Gasteiger charge is 2.22. The number of aliphatic hydroxyl groups excluding tert-OH is 1. The van der Waals surface area contributed by atoms with Crippen LogP contribution >= 0.6 is 0 Å². The molecule has 0 aliphatic carbocycles. The molecule has 1 aromatic rings. The zero-order valence-electron chi connectivity index (χ0n) is 9.59. The minimum atomic E-state index is -0.482. The van der Waals surface area contributed by atoms with Crippen LogP contribution in [0.5, 0.6) is 0 Å². The number of para-hydroxylation sites is 1. The molecule has 0 fully saturated rings. The van der Waals surface area contributed by atoms with E-state index in [9.17, 15) is 10.1 Å². The van der Waals surface area contributed by atoms with Gasteiger partial charge in [0.05, 0.1) is 11.5 Å².